The molecule has 5 heteroatoms. The maximum absolute atomic E-state index is 12.5. The molecule has 2 aromatic rings. The van der Waals surface area contributed by atoms with Crippen molar-refractivity contribution in [2.75, 3.05) is 7.11 Å². The van der Waals surface area contributed by atoms with Crippen LogP contribution in [0.1, 0.15) is 22.3 Å². The van der Waals surface area contributed by atoms with Crippen LogP contribution in [0.2, 0.25) is 0 Å². The Labute approximate surface area is 132 Å². The van der Waals surface area contributed by atoms with Crippen molar-refractivity contribution in [2.45, 2.75) is 32.2 Å². The Balaban J connectivity index is 2.25. The summed E-state index contributed by atoms with van der Waals surface area (Å²) < 4.78 is 32.9. The molecule has 0 atom stereocenters. The lowest BCUT2D eigenvalue weighted by atomic mass is 10.1. The van der Waals surface area contributed by atoms with Crippen LogP contribution < -0.4 is 9.46 Å². The zero-order chi connectivity index (χ0) is 16.3. The number of sulfonamides is 1. The molecule has 4 nitrogen and oxygen atoms in total. The van der Waals surface area contributed by atoms with Crippen LogP contribution >= 0.6 is 0 Å². The SMILES string of the molecule is COc1cc(C)c(S(=O)(=O)NCc2cccc(C)c2)cc1C. The van der Waals surface area contributed by atoms with Gasteiger partial charge in [0.1, 0.15) is 5.75 Å². The van der Waals surface area contributed by atoms with E-state index in [2.05, 4.69) is 4.72 Å². The molecule has 118 valence electrons. The maximum Gasteiger partial charge on any atom is 0.241 e. The molecule has 0 aromatic heterocycles. The highest BCUT2D eigenvalue weighted by Crippen LogP contribution is 2.25. The molecule has 22 heavy (non-hydrogen) atoms. The highest BCUT2D eigenvalue weighted by Gasteiger charge is 2.18. The lowest BCUT2D eigenvalue weighted by molar-refractivity contribution is 0.411. The van der Waals surface area contributed by atoms with E-state index < -0.39 is 10.0 Å². The molecule has 0 aliphatic carbocycles. The zero-order valence-corrected chi connectivity index (χ0v) is 14.1. The molecule has 0 unspecified atom stereocenters. The molecule has 2 rings (SSSR count). The number of nitrogens with one attached hydrogen (secondary N) is 1. The summed E-state index contributed by atoms with van der Waals surface area (Å²) >= 11 is 0. The molecule has 0 fully saturated rings. The fourth-order valence-corrected chi connectivity index (χ4v) is 3.68. The first-order chi connectivity index (χ1) is 10.3. The standard InChI is InChI=1S/C17H21NO3S/c1-12-6-5-7-15(8-12)11-18-22(19,20)17-10-13(2)16(21-4)9-14(17)3/h5-10,18H,11H2,1-4H3. The van der Waals surface area contributed by atoms with Crippen LogP contribution in [-0.2, 0) is 16.6 Å². The Kier molecular flexibility index (Phi) is 4.88. The highest BCUT2D eigenvalue weighted by atomic mass is 32.2. The Morgan fingerprint density at radius 2 is 1.77 bits per heavy atom. The van der Waals surface area contributed by atoms with Crippen molar-refractivity contribution in [3.8, 4) is 5.75 Å². The molecule has 0 radical (unpaired) electrons. The largest absolute Gasteiger partial charge is 0.496 e. The second-order valence-electron chi connectivity index (χ2n) is 5.40. The molecule has 0 aliphatic heterocycles. The van der Waals surface area contributed by atoms with E-state index in [-0.39, 0.29) is 6.54 Å². The minimum absolute atomic E-state index is 0.272. The van der Waals surface area contributed by atoms with Crippen LogP contribution in [0.15, 0.2) is 41.3 Å². The third kappa shape index (κ3) is 3.67. The monoisotopic (exact) mass is 319 g/mol. The van der Waals surface area contributed by atoms with Crippen LogP contribution in [0.3, 0.4) is 0 Å². The highest BCUT2D eigenvalue weighted by molar-refractivity contribution is 7.89. The van der Waals surface area contributed by atoms with Crippen LogP contribution in [0.25, 0.3) is 0 Å². The van der Waals surface area contributed by atoms with E-state index in [0.29, 0.717) is 16.2 Å². The molecule has 0 heterocycles. The van der Waals surface area contributed by atoms with E-state index >= 15 is 0 Å². The Bertz CT molecular complexity index is 782. The third-order valence-corrected chi connectivity index (χ3v) is 5.07. The summed E-state index contributed by atoms with van der Waals surface area (Å²) in [5, 5.41) is 0. The van der Waals surface area contributed by atoms with E-state index in [1.54, 1.807) is 26.2 Å². The van der Waals surface area contributed by atoms with E-state index in [1.165, 1.54) is 0 Å². The van der Waals surface area contributed by atoms with Gasteiger partial charge in [-0.1, -0.05) is 29.8 Å². The topological polar surface area (TPSA) is 55.4 Å². The number of hydrogen-bond acceptors (Lipinski definition) is 3. The molecule has 0 amide bonds. The predicted octanol–water partition coefficient (Wildman–Crippen LogP) is 3.10. The van der Waals surface area contributed by atoms with Gasteiger partial charge >= 0.3 is 0 Å². The fourth-order valence-electron chi connectivity index (χ4n) is 2.35. The van der Waals surface area contributed by atoms with Gasteiger partial charge in [-0.05, 0) is 49.6 Å². The summed E-state index contributed by atoms with van der Waals surface area (Å²) in [6.07, 6.45) is 0. The number of aryl methyl sites for hydroxylation is 3. The minimum Gasteiger partial charge on any atom is -0.496 e. The smallest absolute Gasteiger partial charge is 0.241 e. The molecule has 0 spiro atoms. The van der Waals surface area contributed by atoms with E-state index in [0.717, 1.165) is 16.7 Å². The van der Waals surface area contributed by atoms with Gasteiger partial charge in [0.2, 0.25) is 10.0 Å². The number of methoxy groups -OCH3 is 1. The molecule has 1 N–H and O–H groups in total. The Hall–Kier alpha value is -1.85. The summed E-state index contributed by atoms with van der Waals surface area (Å²) in [4.78, 5) is 0.290. The Morgan fingerprint density at radius 1 is 1.05 bits per heavy atom. The summed E-state index contributed by atoms with van der Waals surface area (Å²) in [5.74, 6) is 0.690. The second-order valence-corrected chi connectivity index (χ2v) is 7.14. The van der Waals surface area contributed by atoms with Crippen LogP contribution in [-0.4, -0.2) is 15.5 Å². The minimum atomic E-state index is -3.56. The van der Waals surface area contributed by atoms with Gasteiger partial charge in [-0.15, -0.1) is 0 Å². The quantitative estimate of drug-likeness (QED) is 0.921. The Morgan fingerprint density at radius 3 is 2.41 bits per heavy atom. The number of benzene rings is 2. The lowest BCUT2D eigenvalue weighted by Gasteiger charge is -2.13. The number of ether oxygens (including phenoxy) is 1. The van der Waals surface area contributed by atoms with Gasteiger partial charge < -0.3 is 4.74 Å². The van der Waals surface area contributed by atoms with Gasteiger partial charge in [-0.2, -0.15) is 0 Å². The van der Waals surface area contributed by atoms with Crippen LogP contribution in [0, 0.1) is 20.8 Å². The van der Waals surface area contributed by atoms with Gasteiger partial charge in [0.25, 0.3) is 0 Å². The molecular weight excluding hydrogens is 298 g/mol. The summed E-state index contributed by atoms with van der Waals surface area (Å²) in [7, 11) is -1.98. The van der Waals surface area contributed by atoms with Crippen LogP contribution in [0.5, 0.6) is 5.75 Å². The fraction of sp³-hybridized carbons (Fsp3) is 0.294. The van der Waals surface area contributed by atoms with E-state index in [1.807, 2.05) is 38.1 Å². The first-order valence-electron chi connectivity index (χ1n) is 7.04. The average molecular weight is 319 g/mol. The van der Waals surface area contributed by atoms with Gasteiger partial charge in [-0.25, -0.2) is 13.1 Å². The zero-order valence-electron chi connectivity index (χ0n) is 13.3. The van der Waals surface area contributed by atoms with Crippen molar-refractivity contribution in [1.82, 2.24) is 4.72 Å². The van der Waals surface area contributed by atoms with Crippen molar-refractivity contribution in [3.63, 3.8) is 0 Å². The number of hydrogen-bond donors (Lipinski definition) is 1. The van der Waals surface area contributed by atoms with Crippen LogP contribution in [0.4, 0.5) is 0 Å². The van der Waals surface area contributed by atoms with Gasteiger partial charge in [-0.3, -0.25) is 0 Å². The van der Waals surface area contributed by atoms with Crippen molar-refractivity contribution in [1.29, 1.82) is 0 Å². The summed E-state index contributed by atoms with van der Waals surface area (Å²) in [5.41, 5.74) is 3.50. The molecule has 2 aromatic carbocycles. The van der Waals surface area contributed by atoms with E-state index in [4.69, 9.17) is 4.74 Å². The molecule has 0 saturated carbocycles. The number of rotatable bonds is 5. The van der Waals surface area contributed by atoms with E-state index in [9.17, 15) is 8.42 Å². The third-order valence-electron chi connectivity index (χ3n) is 3.53. The normalized spacial score (nSPS) is 11.5. The van der Waals surface area contributed by atoms with Crippen molar-refractivity contribution in [3.05, 3.63) is 58.7 Å². The maximum atomic E-state index is 12.5. The van der Waals surface area contributed by atoms with Gasteiger partial charge in [0, 0.05) is 6.54 Å². The molecule has 0 bridgehead atoms. The average Bonchev–Trinajstić information content (AvgIpc) is 2.47. The van der Waals surface area contributed by atoms with Gasteiger partial charge in [0.15, 0.2) is 0 Å². The van der Waals surface area contributed by atoms with Gasteiger partial charge in [0.05, 0.1) is 12.0 Å². The second kappa shape index (κ2) is 6.50. The molecule has 0 saturated heterocycles. The van der Waals surface area contributed by atoms with Crippen molar-refractivity contribution >= 4 is 10.0 Å². The molecule has 0 aliphatic rings. The lowest BCUT2D eigenvalue weighted by Crippen LogP contribution is -2.24. The first-order valence-corrected chi connectivity index (χ1v) is 8.52. The molecular formula is C17H21NO3S. The first kappa shape index (κ1) is 16.5. The summed E-state index contributed by atoms with van der Waals surface area (Å²) in [6.45, 7) is 5.85. The van der Waals surface area contributed by atoms with Crippen molar-refractivity contribution in [2.24, 2.45) is 0 Å². The predicted molar refractivity (Wildman–Crippen MR) is 87.7 cm³/mol. The van der Waals surface area contributed by atoms with Crippen molar-refractivity contribution < 1.29 is 13.2 Å². The summed E-state index contributed by atoms with van der Waals surface area (Å²) in [6, 6.07) is 11.2.